The van der Waals surface area contributed by atoms with Gasteiger partial charge in [-0.05, 0) is 19.1 Å². The maximum atomic E-state index is 12.3. The predicted octanol–water partition coefficient (Wildman–Crippen LogP) is 2.29. The van der Waals surface area contributed by atoms with Crippen LogP contribution in [0.2, 0.25) is 0 Å². The van der Waals surface area contributed by atoms with Gasteiger partial charge in [-0.1, -0.05) is 6.42 Å². The number of carbonyl (C=O) groups is 1. The molecule has 1 fully saturated rings. The number of thiophene rings is 1. The van der Waals surface area contributed by atoms with Crippen molar-refractivity contribution in [3.8, 4) is 0 Å². The molecule has 1 aliphatic rings. The first-order valence-corrected chi connectivity index (χ1v) is 8.52. The van der Waals surface area contributed by atoms with E-state index in [1.165, 1.54) is 30.6 Å². The molecule has 20 heavy (non-hydrogen) atoms. The average Bonchev–Trinajstić information content (AvgIpc) is 2.76. The maximum absolute atomic E-state index is 12.3. The summed E-state index contributed by atoms with van der Waals surface area (Å²) in [5, 5.41) is 3.01. The Hall–Kier alpha value is -1.34. The van der Waals surface area contributed by atoms with Crippen LogP contribution in [0.15, 0.2) is 12.4 Å². The van der Waals surface area contributed by atoms with E-state index in [1.807, 2.05) is 11.8 Å². The Morgan fingerprint density at radius 1 is 1.50 bits per heavy atom. The molecule has 0 radical (unpaired) electrons. The lowest BCUT2D eigenvalue weighted by Crippen LogP contribution is -2.45. The van der Waals surface area contributed by atoms with Gasteiger partial charge >= 0.3 is 0 Å². The number of carbonyl (C=O) groups excluding carboxylic acids is 1. The Morgan fingerprint density at radius 3 is 2.85 bits per heavy atom. The smallest absolute Gasteiger partial charge is 0.263 e. The maximum Gasteiger partial charge on any atom is 0.263 e. The molecule has 1 amide bonds. The molecule has 1 aliphatic carbocycles. The zero-order chi connectivity index (χ0) is 14.2. The Labute approximate surface area is 125 Å². The summed E-state index contributed by atoms with van der Waals surface area (Å²) in [5.74, 6) is -0.118. The molecule has 0 aromatic carbocycles. The molecule has 2 aromatic heterocycles. The summed E-state index contributed by atoms with van der Waals surface area (Å²) in [4.78, 5) is 21.9. The monoisotopic (exact) mass is 308 g/mol. The fraction of sp³-hybridized carbons (Fsp3) is 0.462. The number of aromatic nitrogens is 2. The molecule has 0 saturated heterocycles. The van der Waals surface area contributed by atoms with Gasteiger partial charge in [0.15, 0.2) is 0 Å². The van der Waals surface area contributed by atoms with Crippen molar-refractivity contribution in [1.29, 1.82) is 0 Å². The molecule has 0 spiro atoms. The summed E-state index contributed by atoms with van der Waals surface area (Å²) in [5.41, 5.74) is 7.05. The number of anilines is 1. The van der Waals surface area contributed by atoms with E-state index >= 15 is 0 Å². The third-order valence-corrected chi connectivity index (χ3v) is 6.36. The molecule has 7 heteroatoms. The zero-order valence-electron chi connectivity index (χ0n) is 11.2. The summed E-state index contributed by atoms with van der Waals surface area (Å²) < 4.78 is 0.220. The number of amides is 1. The summed E-state index contributed by atoms with van der Waals surface area (Å²) in [6.07, 6.45) is 8.88. The van der Waals surface area contributed by atoms with Gasteiger partial charge in [-0.25, -0.2) is 9.97 Å². The van der Waals surface area contributed by atoms with Crippen LogP contribution in [-0.4, -0.2) is 33.4 Å². The van der Waals surface area contributed by atoms with Gasteiger partial charge in [-0.2, -0.15) is 11.8 Å². The highest BCUT2D eigenvalue weighted by molar-refractivity contribution is 8.00. The van der Waals surface area contributed by atoms with E-state index in [9.17, 15) is 4.79 Å². The zero-order valence-corrected chi connectivity index (χ0v) is 12.8. The van der Waals surface area contributed by atoms with Crippen molar-refractivity contribution in [2.24, 2.45) is 0 Å². The SMILES string of the molecule is CSC1(CNC(=O)c2sc3nccnc3c2N)CCC1. The molecule has 5 nitrogen and oxygen atoms in total. The summed E-state index contributed by atoms with van der Waals surface area (Å²) in [7, 11) is 0. The van der Waals surface area contributed by atoms with Crippen LogP contribution in [0, 0.1) is 0 Å². The van der Waals surface area contributed by atoms with Crippen molar-refractivity contribution in [3.63, 3.8) is 0 Å². The molecule has 2 aromatic rings. The second-order valence-corrected chi connectivity index (χ2v) is 7.25. The van der Waals surface area contributed by atoms with Crippen LogP contribution in [0.25, 0.3) is 10.3 Å². The van der Waals surface area contributed by atoms with Crippen LogP contribution in [0.3, 0.4) is 0 Å². The molecule has 0 atom stereocenters. The van der Waals surface area contributed by atoms with Gasteiger partial charge in [0.05, 0.1) is 5.69 Å². The highest BCUT2D eigenvalue weighted by Gasteiger charge is 2.36. The molecule has 1 saturated carbocycles. The average molecular weight is 308 g/mol. The minimum atomic E-state index is -0.118. The molecule has 0 bridgehead atoms. The second-order valence-electron chi connectivity index (χ2n) is 4.98. The summed E-state index contributed by atoms with van der Waals surface area (Å²) in [6, 6.07) is 0. The van der Waals surface area contributed by atoms with E-state index in [-0.39, 0.29) is 10.7 Å². The van der Waals surface area contributed by atoms with E-state index in [2.05, 4.69) is 21.5 Å². The fourth-order valence-corrected chi connectivity index (χ4v) is 4.21. The molecule has 0 aliphatic heterocycles. The molecular formula is C13H16N4OS2. The van der Waals surface area contributed by atoms with Crippen molar-refractivity contribution in [2.45, 2.75) is 24.0 Å². The van der Waals surface area contributed by atoms with Crippen molar-refractivity contribution < 1.29 is 4.79 Å². The lowest BCUT2D eigenvalue weighted by molar-refractivity contribution is 0.0949. The summed E-state index contributed by atoms with van der Waals surface area (Å²) >= 11 is 3.14. The lowest BCUT2D eigenvalue weighted by atomic mass is 9.84. The molecule has 3 rings (SSSR count). The van der Waals surface area contributed by atoms with E-state index in [1.54, 1.807) is 12.4 Å². The third kappa shape index (κ3) is 2.25. The Bertz CT molecular complexity index is 645. The number of nitrogens with one attached hydrogen (secondary N) is 1. The van der Waals surface area contributed by atoms with Crippen LogP contribution in [0.1, 0.15) is 28.9 Å². The Kier molecular flexibility index (Phi) is 3.55. The van der Waals surface area contributed by atoms with Crippen LogP contribution in [0.4, 0.5) is 5.69 Å². The van der Waals surface area contributed by atoms with Crippen LogP contribution in [0.5, 0.6) is 0 Å². The number of hydrogen-bond donors (Lipinski definition) is 2. The van der Waals surface area contributed by atoms with Gasteiger partial charge in [-0.3, -0.25) is 4.79 Å². The van der Waals surface area contributed by atoms with Gasteiger partial charge < -0.3 is 11.1 Å². The van der Waals surface area contributed by atoms with Gasteiger partial charge in [0.25, 0.3) is 5.91 Å². The van der Waals surface area contributed by atoms with Crippen molar-refractivity contribution >= 4 is 45.0 Å². The molecule has 3 N–H and O–H groups in total. The van der Waals surface area contributed by atoms with Crippen molar-refractivity contribution in [3.05, 3.63) is 17.3 Å². The Balaban J connectivity index is 1.77. The van der Waals surface area contributed by atoms with E-state index in [0.29, 0.717) is 27.5 Å². The fourth-order valence-electron chi connectivity index (χ4n) is 2.36. The number of thioether (sulfide) groups is 1. The molecule has 2 heterocycles. The predicted molar refractivity (Wildman–Crippen MR) is 84.3 cm³/mol. The first-order chi connectivity index (χ1) is 9.65. The van der Waals surface area contributed by atoms with Gasteiger partial charge in [-0.15, -0.1) is 11.3 Å². The van der Waals surface area contributed by atoms with Gasteiger partial charge in [0, 0.05) is 23.7 Å². The number of hydrogen-bond acceptors (Lipinski definition) is 6. The molecular weight excluding hydrogens is 292 g/mol. The normalized spacial score (nSPS) is 16.9. The minimum absolute atomic E-state index is 0.118. The van der Waals surface area contributed by atoms with Crippen LogP contribution >= 0.6 is 23.1 Å². The van der Waals surface area contributed by atoms with Crippen molar-refractivity contribution in [1.82, 2.24) is 15.3 Å². The topological polar surface area (TPSA) is 80.9 Å². The number of nitrogens with two attached hydrogens (primary N) is 1. The third-order valence-electron chi connectivity index (χ3n) is 3.84. The summed E-state index contributed by atoms with van der Waals surface area (Å²) in [6.45, 7) is 0.696. The van der Waals surface area contributed by atoms with Gasteiger partial charge in [0.2, 0.25) is 0 Å². The molecule has 0 unspecified atom stereocenters. The number of nitrogens with zero attached hydrogens (tertiary/aromatic N) is 2. The lowest BCUT2D eigenvalue weighted by Gasteiger charge is -2.40. The Morgan fingerprint density at radius 2 is 2.25 bits per heavy atom. The standard InChI is InChI=1S/C13H16N4OS2/c1-19-13(3-2-4-13)7-17-11(18)10-8(14)9-12(20-10)16-6-5-15-9/h5-6H,2-4,7,14H2,1H3,(H,17,18). The van der Waals surface area contributed by atoms with E-state index < -0.39 is 0 Å². The van der Waals surface area contributed by atoms with Crippen LogP contribution < -0.4 is 11.1 Å². The largest absolute Gasteiger partial charge is 0.396 e. The van der Waals surface area contributed by atoms with E-state index in [4.69, 9.17) is 5.73 Å². The van der Waals surface area contributed by atoms with Crippen molar-refractivity contribution in [2.75, 3.05) is 18.5 Å². The first-order valence-electron chi connectivity index (χ1n) is 6.47. The van der Waals surface area contributed by atoms with Gasteiger partial charge in [0.1, 0.15) is 15.2 Å². The first kappa shape index (κ1) is 13.6. The molecule has 106 valence electrons. The van der Waals surface area contributed by atoms with E-state index in [0.717, 1.165) is 0 Å². The number of rotatable bonds is 4. The highest BCUT2D eigenvalue weighted by atomic mass is 32.2. The quantitative estimate of drug-likeness (QED) is 0.905. The van der Waals surface area contributed by atoms with Crippen LogP contribution in [-0.2, 0) is 0 Å². The second kappa shape index (κ2) is 5.21. The highest BCUT2D eigenvalue weighted by Crippen LogP contribution is 2.42. The number of fused-ring (bicyclic) bond motifs is 1. The number of nitrogen functional groups attached to an aromatic ring is 1. The minimum Gasteiger partial charge on any atom is -0.396 e.